The Hall–Kier alpha value is -1.76. The maximum absolute atomic E-state index is 12.1. The summed E-state index contributed by atoms with van der Waals surface area (Å²) in [4.78, 5) is 40.1. The van der Waals surface area contributed by atoms with Crippen molar-refractivity contribution in [2.24, 2.45) is 11.8 Å². The number of aromatic nitrogens is 1. The minimum Gasteiger partial charge on any atom is -0.476 e. The van der Waals surface area contributed by atoms with Crippen LogP contribution in [0.25, 0.3) is 0 Å². The molecule has 2 aliphatic rings. The van der Waals surface area contributed by atoms with E-state index in [0.717, 1.165) is 30.6 Å². The number of imide groups is 1. The minimum absolute atomic E-state index is 0.0423. The zero-order chi connectivity index (χ0) is 13.6. The van der Waals surface area contributed by atoms with E-state index in [1.165, 1.54) is 10.3 Å². The standard InChI is InChI=1S/C12H12N2O4S/c15-10-6-2-1-3-7(6)11(16)14(10)4-9-13-8(5-19-9)12(17)18/h5-7H,1-4H2,(H,17,18). The Balaban J connectivity index is 1.78. The number of carbonyl (C=O) groups excluding carboxylic acids is 2. The van der Waals surface area contributed by atoms with Crippen LogP contribution in [0.15, 0.2) is 5.38 Å². The summed E-state index contributed by atoms with van der Waals surface area (Å²) >= 11 is 1.16. The highest BCUT2D eigenvalue weighted by molar-refractivity contribution is 7.09. The van der Waals surface area contributed by atoms with Gasteiger partial charge in [-0.3, -0.25) is 14.5 Å². The Kier molecular flexibility index (Phi) is 2.85. The van der Waals surface area contributed by atoms with Gasteiger partial charge in [-0.15, -0.1) is 11.3 Å². The number of carbonyl (C=O) groups is 3. The zero-order valence-corrected chi connectivity index (χ0v) is 10.9. The summed E-state index contributed by atoms with van der Waals surface area (Å²) in [5.74, 6) is -1.67. The van der Waals surface area contributed by atoms with Gasteiger partial charge in [-0.2, -0.15) is 0 Å². The topological polar surface area (TPSA) is 87.6 Å². The van der Waals surface area contributed by atoms with E-state index in [1.807, 2.05) is 0 Å². The van der Waals surface area contributed by atoms with E-state index in [9.17, 15) is 14.4 Å². The third-order valence-electron chi connectivity index (χ3n) is 3.75. The number of fused-ring (bicyclic) bond motifs is 1. The van der Waals surface area contributed by atoms with Gasteiger partial charge in [0.05, 0.1) is 18.4 Å². The molecule has 0 spiro atoms. The van der Waals surface area contributed by atoms with Crippen molar-refractivity contribution in [3.63, 3.8) is 0 Å². The number of nitrogens with zero attached hydrogens (tertiary/aromatic N) is 2. The lowest BCUT2D eigenvalue weighted by molar-refractivity contribution is -0.141. The third-order valence-corrected chi connectivity index (χ3v) is 4.58. The third kappa shape index (κ3) is 1.94. The molecule has 7 heteroatoms. The molecular formula is C12H12N2O4S. The van der Waals surface area contributed by atoms with Crippen molar-refractivity contribution >= 4 is 29.1 Å². The molecule has 1 aromatic rings. The first-order chi connectivity index (χ1) is 9.08. The molecule has 1 aliphatic carbocycles. The first kappa shape index (κ1) is 12.3. The molecule has 0 bridgehead atoms. The fourth-order valence-corrected chi connectivity index (χ4v) is 3.59. The molecule has 2 heterocycles. The van der Waals surface area contributed by atoms with E-state index >= 15 is 0 Å². The van der Waals surface area contributed by atoms with E-state index in [-0.39, 0.29) is 35.9 Å². The molecule has 1 saturated heterocycles. The van der Waals surface area contributed by atoms with Crippen LogP contribution in [-0.4, -0.2) is 32.8 Å². The highest BCUT2D eigenvalue weighted by Gasteiger charge is 2.49. The molecule has 2 unspecified atom stereocenters. The average molecular weight is 280 g/mol. The Labute approximate surface area is 113 Å². The molecule has 1 saturated carbocycles. The van der Waals surface area contributed by atoms with Crippen LogP contribution in [0.2, 0.25) is 0 Å². The van der Waals surface area contributed by atoms with Crippen LogP contribution in [0.4, 0.5) is 0 Å². The number of amides is 2. The summed E-state index contributed by atoms with van der Waals surface area (Å²) < 4.78 is 0. The van der Waals surface area contributed by atoms with Gasteiger partial charge < -0.3 is 5.11 Å². The maximum atomic E-state index is 12.1. The molecular weight excluding hydrogens is 268 g/mol. The molecule has 3 rings (SSSR count). The Morgan fingerprint density at radius 2 is 2.00 bits per heavy atom. The van der Waals surface area contributed by atoms with E-state index in [1.54, 1.807) is 0 Å². The van der Waals surface area contributed by atoms with Crippen molar-refractivity contribution in [1.82, 2.24) is 9.88 Å². The fourth-order valence-electron chi connectivity index (χ4n) is 2.83. The molecule has 19 heavy (non-hydrogen) atoms. The lowest BCUT2D eigenvalue weighted by atomic mass is 10.00. The van der Waals surface area contributed by atoms with Crippen LogP contribution in [0.3, 0.4) is 0 Å². The van der Waals surface area contributed by atoms with Crippen LogP contribution in [0.1, 0.15) is 34.8 Å². The van der Waals surface area contributed by atoms with Crippen LogP contribution < -0.4 is 0 Å². The number of thiazole rings is 1. The van der Waals surface area contributed by atoms with Crippen molar-refractivity contribution in [2.45, 2.75) is 25.8 Å². The normalized spacial score (nSPS) is 26.0. The maximum Gasteiger partial charge on any atom is 0.355 e. The van der Waals surface area contributed by atoms with Crippen molar-refractivity contribution < 1.29 is 19.5 Å². The predicted octanol–water partition coefficient (Wildman–Crippen LogP) is 1.13. The van der Waals surface area contributed by atoms with E-state index in [2.05, 4.69) is 4.98 Å². The van der Waals surface area contributed by atoms with Gasteiger partial charge in [0, 0.05) is 5.38 Å². The average Bonchev–Trinajstić information content (AvgIpc) is 3.06. The summed E-state index contributed by atoms with van der Waals surface area (Å²) in [6.45, 7) is 0.0998. The number of carboxylic acid groups (broad SMARTS) is 1. The molecule has 1 aliphatic heterocycles. The molecule has 1 aromatic heterocycles. The van der Waals surface area contributed by atoms with Gasteiger partial charge in [-0.05, 0) is 12.8 Å². The van der Waals surface area contributed by atoms with Crippen molar-refractivity contribution in [3.8, 4) is 0 Å². The van der Waals surface area contributed by atoms with Crippen molar-refractivity contribution in [3.05, 3.63) is 16.1 Å². The fraction of sp³-hybridized carbons (Fsp3) is 0.500. The van der Waals surface area contributed by atoms with Crippen LogP contribution in [0.5, 0.6) is 0 Å². The van der Waals surface area contributed by atoms with Gasteiger partial charge in [0.1, 0.15) is 5.01 Å². The summed E-state index contributed by atoms with van der Waals surface area (Å²) in [6.07, 6.45) is 2.50. The lowest BCUT2D eigenvalue weighted by Gasteiger charge is -2.13. The van der Waals surface area contributed by atoms with Gasteiger partial charge in [0.25, 0.3) is 0 Å². The summed E-state index contributed by atoms with van der Waals surface area (Å²) in [6, 6.07) is 0. The molecule has 100 valence electrons. The smallest absolute Gasteiger partial charge is 0.355 e. The van der Waals surface area contributed by atoms with Crippen LogP contribution >= 0.6 is 11.3 Å². The van der Waals surface area contributed by atoms with Gasteiger partial charge in [0.2, 0.25) is 11.8 Å². The molecule has 2 fully saturated rings. The van der Waals surface area contributed by atoms with Gasteiger partial charge in [-0.25, -0.2) is 9.78 Å². The largest absolute Gasteiger partial charge is 0.476 e. The molecule has 0 radical (unpaired) electrons. The number of aromatic carboxylic acids is 1. The molecule has 6 nitrogen and oxygen atoms in total. The predicted molar refractivity (Wildman–Crippen MR) is 65.5 cm³/mol. The van der Waals surface area contributed by atoms with E-state index in [4.69, 9.17) is 5.11 Å². The molecule has 2 atom stereocenters. The van der Waals surface area contributed by atoms with Gasteiger partial charge >= 0.3 is 5.97 Å². The van der Waals surface area contributed by atoms with E-state index in [0.29, 0.717) is 5.01 Å². The number of carboxylic acids is 1. The summed E-state index contributed by atoms with van der Waals surface area (Å²) in [5, 5.41) is 10.7. The van der Waals surface area contributed by atoms with Crippen LogP contribution in [-0.2, 0) is 16.1 Å². The SMILES string of the molecule is O=C(O)c1csc(CN2C(=O)C3CCCC3C2=O)n1. The second kappa shape index (κ2) is 4.41. The Bertz CT molecular complexity index is 546. The van der Waals surface area contributed by atoms with Crippen molar-refractivity contribution in [2.75, 3.05) is 0 Å². The highest BCUT2D eigenvalue weighted by Crippen LogP contribution is 2.40. The molecule has 0 aromatic carbocycles. The first-order valence-electron chi connectivity index (χ1n) is 6.11. The van der Waals surface area contributed by atoms with Crippen LogP contribution in [0, 0.1) is 11.8 Å². The van der Waals surface area contributed by atoms with Gasteiger partial charge in [-0.1, -0.05) is 6.42 Å². The highest BCUT2D eigenvalue weighted by atomic mass is 32.1. The number of likely N-dealkylation sites (tertiary alicyclic amines) is 1. The van der Waals surface area contributed by atoms with Crippen molar-refractivity contribution in [1.29, 1.82) is 0 Å². The first-order valence-corrected chi connectivity index (χ1v) is 6.99. The Morgan fingerprint density at radius 3 is 2.53 bits per heavy atom. The number of hydrogen-bond donors (Lipinski definition) is 1. The molecule has 2 amide bonds. The second-order valence-corrected chi connectivity index (χ2v) is 5.78. The quantitative estimate of drug-likeness (QED) is 0.838. The summed E-state index contributed by atoms with van der Waals surface area (Å²) in [5.41, 5.74) is -0.0423. The Morgan fingerprint density at radius 1 is 1.37 bits per heavy atom. The van der Waals surface area contributed by atoms with Gasteiger partial charge in [0.15, 0.2) is 5.69 Å². The molecule has 1 N–H and O–H groups in total. The number of hydrogen-bond acceptors (Lipinski definition) is 5. The monoisotopic (exact) mass is 280 g/mol. The van der Waals surface area contributed by atoms with E-state index < -0.39 is 5.97 Å². The second-order valence-electron chi connectivity index (χ2n) is 4.84. The number of rotatable bonds is 3. The zero-order valence-electron chi connectivity index (χ0n) is 10.0. The minimum atomic E-state index is -1.10. The summed E-state index contributed by atoms with van der Waals surface area (Å²) in [7, 11) is 0. The lowest BCUT2D eigenvalue weighted by Crippen LogP contribution is -2.31.